The van der Waals surface area contributed by atoms with Crippen molar-refractivity contribution in [2.75, 3.05) is 26.2 Å². The maximum Gasteiger partial charge on any atom is 0.349 e. The number of nitrogens with one attached hydrogen (secondary N) is 1. The fourth-order valence-corrected chi connectivity index (χ4v) is 3.18. The zero-order valence-electron chi connectivity index (χ0n) is 13.9. The number of carbonyl (C=O) groups is 1. The number of hydrogen-bond donors (Lipinski definition) is 1. The van der Waals surface area contributed by atoms with Crippen LogP contribution in [0.1, 0.15) is 42.5 Å². The Kier molecular flexibility index (Phi) is 5.64. The maximum atomic E-state index is 12.2. The van der Waals surface area contributed by atoms with Crippen LogP contribution in [0.4, 0.5) is 0 Å². The lowest BCUT2D eigenvalue weighted by atomic mass is 10.2. The van der Waals surface area contributed by atoms with E-state index in [2.05, 4.69) is 10.2 Å². The first kappa shape index (κ1) is 16.7. The summed E-state index contributed by atoms with van der Waals surface area (Å²) in [6, 6.07) is 8.80. The molecule has 1 aromatic carbocycles. The fraction of sp³-hybridized carbons (Fsp3) is 0.474. The van der Waals surface area contributed by atoms with Crippen molar-refractivity contribution in [1.29, 1.82) is 0 Å². The minimum absolute atomic E-state index is 0.0727. The van der Waals surface area contributed by atoms with E-state index in [1.54, 1.807) is 18.2 Å². The molecule has 0 saturated carbocycles. The van der Waals surface area contributed by atoms with Gasteiger partial charge in [0, 0.05) is 11.9 Å². The van der Waals surface area contributed by atoms with Gasteiger partial charge in [-0.2, -0.15) is 0 Å². The van der Waals surface area contributed by atoms with Crippen LogP contribution >= 0.6 is 0 Å². The molecule has 1 aliphatic heterocycles. The van der Waals surface area contributed by atoms with Crippen molar-refractivity contribution in [3.05, 3.63) is 46.3 Å². The molecule has 1 amide bonds. The summed E-state index contributed by atoms with van der Waals surface area (Å²) >= 11 is 0. The van der Waals surface area contributed by atoms with E-state index < -0.39 is 5.63 Å². The highest BCUT2D eigenvalue weighted by Crippen LogP contribution is 2.12. The summed E-state index contributed by atoms with van der Waals surface area (Å²) in [7, 11) is 0. The first-order chi connectivity index (χ1) is 11.7. The first-order valence-corrected chi connectivity index (χ1v) is 8.77. The number of nitrogens with zero attached hydrogens (tertiary/aromatic N) is 1. The molecule has 0 atom stereocenters. The summed E-state index contributed by atoms with van der Waals surface area (Å²) in [5.74, 6) is -0.356. The van der Waals surface area contributed by atoms with Crippen LogP contribution in [0.15, 0.2) is 39.5 Å². The summed E-state index contributed by atoms with van der Waals surface area (Å²) in [6.07, 6.45) is 6.08. The van der Waals surface area contributed by atoms with Crippen LogP contribution in [0.25, 0.3) is 11.0 Å². The lowest BCUT2D eigenvalue weighted by molar-refractivity contribution is 0.0948. The molecule has 0 radical (unpaired) electrons. The Bertz CT molecular complexity index is 746. The summed E-state index contributed by atoms with van der Waals surface area (Å²) in [5, 5.41) is 3.59. The Labute approximate surface area is 141 Å². The fourth-order valence-electron chi connectivity index (χ4n) is 3.18. The van der Waals surface area contributed by atoms with Gasteiger partial charge in [0.1, 0.15) is 11.1 Å². The number of carbonyl (C=O) groups excluding carboxylic acids is 1. The van der Waals surface area contributed by atoms with Crippen molar-refractivity contribution >= 4 is 16.9 Å². The molecule has 1 aliphatic rings. The van der Waals surface area contributed by atoms with Crippen LogP contribution in [-0.2, 0) is 0 Å². The van der Waals surface area contributed by atoms with Gasteiger partial charge in [0.2, 0.25) is 0 Å². The average Bonchev–Trinajstić information content (AvgIpc) is 2.86. The van der Waals surface area contributed by atoms with Gasteiger partial charge in [-0.25, -0.2) is 4.79 Å². The van der Waals surface area contributed by atoms with Gasteiger partial charge in [-0.3, -0.25) is 4.79 Å². The van der Waals surface area contributed by atoms with E-state index in [-0.39, 0.29) is 11.5 Å². The predicted molar refractivity (Wildman–Crippen MR) is 94.3 cm³/mol. The van der Waals surface area contributed by atoms with Gasteiger partial charge in [0.15, 0.2) is 0 Å². The van der Waals surface area contributed by atoms with E-state index in [4.69, 9.17) is 4.42 Å². The minimum Gasteiger partial charge on any atom is -0.422 e. The minimum atomic E-state index is -0.585. The summed E-state index contributed by atoms with van der Waals surface area (Å²) in [5.41, 5.74) is -0.0117. The molecule has 1 fully saturated rings. The predicted octanol–water partition coefficient (Wildman–Crippen LogP) is 2.79. The van der Waals surface area contributed by atoms with E-state index >= 15 is 0 Å². The van der Waals surface area contributed by atoms with E-state index in [1.165, 1.54) is 25.7 Å². The summed E-state index contributed by atoms with van der Waals surface area (Å²) in [6.45, 7) is 3.87. The lowest BCUT2D eigenvalue weighted by Gasteiger charge is -2.19. The zero-order valence-corrected chi connectivity index (χ0v) is 13.9. The van der Waals surface area contributed by atoms with Crippen molar-refractivity contribution < 1.29 is 9.21 Å². The second-order valence-corrected chi connectivity index (χ2v) is 6.35. The Balaban J connectivity index is 1.53. The molecule has 1 N–H and O–H groups in total. The quantitative estimate of drug-likeness (QED) is 0.677. The van der Waals surface area contributed by atoms with E-state index in [0.717, 1.165) is 31.4 Å². The molecule has 5 nitrogen and oxygen atoms in total. The van der Waals surface area contributed by atoms with Crippen molar-refractivity contribution in [3.8, 4) is 0 Å². The SMILES string of the molecule is O=C(NCCCN1CCCCCC1)c1cc2ccccc2oc1=O. The highest BCUT2D eigenvalue weighted by Gasteiger charge is 2.13. The molecule has 0 bridgehead atoms. The number of amides is 1. The molecule has 128 valence electrons. The Morgan fingerprint density at radius 2 is 1.88 bits per heavy atom. The maximum absolute atomic E-state index is 12.2. The van der Waals surface area contributed by atoms with Crippen LogP contribution in [-0.4, -0.2) is 37.0 Å². The molecule has 2 heterocycles. The van der Waals surface area contributed by atoms with Crippen molar-refractivity contribution in [2.45, 2.75) is 32.1 Å². The van der Waals surface area contributed by atoms with E-state index in [1.807, 2.05) is 12.1 Å². The van der Waals surface area contributed by atoms with Crippen molar-refractivity contribution in [2.24, 2.45) is 0 Å². The Hall–Kier alpha value is -2.14. The second-order valence-electron chi connectivity index (χ2n) is 6.35. The number of likely N-dealkylation sites (tertiary alicyclic amines) is 1. The van der Waals surface area contributed by atoms with Crippen LogP contribution < -0.4 is 10.9 Å². The third kappa shape index (κ3) is 4.23. The molecule has 2 aromatic rings. The van der Waals surface area contributed by atoms with Crippen LogP contribution in [0.5, 0.6) is 0 Å². The normalized spacial score (nSPS) is 16.0. The van der Waals surface area contributed by atoms with Crippen LogP contribution in [0, 0.1) is 0 Å². The molecular formula is C19H24N2O3. The molecule has 3 rings (SSSR count). The van der Waals surface area contributed by atoms with Gasteiger partial charge in [0.25, 0.3) is 5.91 Å². The van der Waals surface area contributed by atoms with Gasteiger partial charge >= 0.3 is 5.63 Å². The molecular weight excluding hydrogens is 304 g/mol. The second kappa shape index (κ2) is 8.11. The zero-order chi connectivity index (χ0) is 16.8. The largest absolute Gasteiger partial charge is 0.422 e. The van der Waals surface area contributed by atoms with Gasteiger partial charge in [-0.1, -0.05) is 31.0 Å². The van der Waals surface area contributed by atoms with E-state index in [9.17, 15) is 9.59 Å². The van der Waals surface area contributed by atoms with Crippen molar-refractivity contribution in [3.63, 3.8) is 0 Å². The number of fused-ring (bicyclic) bond motifs is 1. The monoisotopic (exact) mass is 328 g/mol. The van der Waals surface area contributed by atoms with Gasteiger partial charge in [0.05, 0.1) is 0 Å². The van der Waals surface area contributed by atoms with Crippen LogP contribution in [0.2, 0.25) is 0 Å². The third-order valence-electron chi connectivity index (χ3n) is 4.52. The molecule has 24 heavy (non-hydrogen) atoms. The molecule has 0 spiro atoms. The van der Waals surface area contributed by atoms with E-state index in [0.29, 0.717) is 12.1 Å². The van der Waals surface area contributed by atoms with Crippen molar-refractivity contribution in [1.82, 2.24) is 10.2 Å². The smallest absolute Gasteiger partial charge is 0.349 e. The van der Waals surface area contributed by atoms with Gasteiger partial charge < -0.3 is 14.6 Å². The number of para-hydroxylation sites is 1. The molecule has 1 saturated heterocycles. The number of rotatable bonds is 5. The molecule has 1 aromatic heterocycles. The highest BCUT2D eigenvalue weighted by atomic mass is 16.4. The summed E-state index contributed by atoms with van der Waals surface area (Å²) in [4.78, 5) is 26.6. The molecule has 5 heteroatoms. The van der Waals surface area contributed by atoms with Crippen LogP contribution in [0.3, 0.4) is 0 Å². The number of benzene rings is 1. The lowest BCUT2D eigenvalue weighted by Crippen LogP contribution is -2.32. The average molecular weight is 328 g/mol. The Morgan fingerprint density at radius 3 is 2.67 bits per heavy atom. The standard InChI is InChI=1S/C19H24N2O3/c22-18(20-10-7-13-21-11-5-1-2-6-12-21)16-14-15-8-3-4-9-17(15)24-19(16)23/h3-4,8-9,14H,1-2,5-7,10-13H2,(H,20,22). The van der Waals surface area contributed by atoms with Gasteiger partial charge in [-0.05, 0) is 51.0 Å². The molecule has 0 unspecified atom stereocenters. The summed E-state index contributed by atoms with van der Waals surface area (Å²) < 4.78 is 5.20. The number of hydrogen-bond acceptors (Lipinski definition) is 4. The topological polar surface area (TPSA) is 62.6 Å². The Morgan fingerprint density at radius 1 is 1.12 bits per heavy atom. The first-order valence-electron chi connectivity index (χ1n) is 8.77. The molecule has 0 aliphatic carbocycles. The third-order valence-corrected chi connectivity index (χ3v) is 4.52. The van der Waals surface area contributed by atoms with Gasteiger partial charge in [-0.15, -0.1) is 0 Å². The highest BCUT2D eigenvalue weighted by molar-refractivity contribution is 5.96.